The number of hydrogen-bond acceptors (Lipinski definition) is 2. The van der Waals surface area contributed by atoms with Gasteiger partial charge in [-0.25, -0.2) is 4.79 Å². The van der Waals surface area contributed by atoms with Crippen LogP contribution in [-0.4, -0.2) is 12.7 Å². The molecule has 0 spiro atoms. The van der Waals surface area contributed by atoms with Gasteiger partial charge in [0, 0.05) is 5.69 Å². The molecule has 0 unspecified atom stereocenters. The minimum Gasteiger partial charge on any atom is -0.449 e. The Morgan fingerprint density at radius 3 is 2.46 bits per heavy atom. The normalized spacial score (nSPS) is 20.9. The van der Waals surface area contributed by atoms with Crippen LogP contribution in [0.5, 0.6) is 0 Å². The van der Waals surface area contributed by atoms with E-state index in [1.807, 2.05) is 19.1 Å². The summed E-state index contributed by atoms with van der Waals surface area (Å²) < 4.78 is 5.04. The maximum atomic E-state index is 11.6. The Balaban J connectivity index is 1.80. The van der Waals surface area contributed by atoms with Crippen molar-refractivity contribution < 1.29 is 9.53 Å². The third kappa shape index (κ3) is 6.03. The van der Waals surface area contributed by atoms with Crippen molar-refractivity contribution in [2.75, 3.05) is 11.9 Å². The SMILES string of the molecule is CCC/C=C/[C@H]1CC[C@H](c2ccc(NC(=O)OCCC)cc2)CC1. The number of carbonyl (C=O) groups excluding carboxylic acids is 1. The average Bonchev–Trinajstić information content (AvgIpc) is 2.61. The number of nitrogens with one attached hydrogen (secondary N) is 1. The Hall–Kier alpha value is -1.77. The molecule has 0 bridgehead atoms. The van der Waals surface area contributed by atoms with Crippen LogP contribution in [0, 0.1) is 5.92 Å². The second-order valence-corrected chi connectivity index (χ2v) is 6.71. The number of rotatable bonds is 7. The Kier molecular flexibility index (Phi) is 7.87. The second-order valence-electron chi connectivity index (χ2n) is 6.71. The highest BCUT2D eigenvalue weighted by molar-refractivity contribution is 5.84. The highest BCUT2D eigenvalue weighted by Gasteiger charge is 2.20. The molecule has 2 rings (SSSR count). The third-order valence-corrected chi connectivity index (χ3v) is 4.70. The van der Waals surface area contributed by atoms with Gasteiger partial charge in [0.25, 0.3) is 0 Å². The molecule has 3 heteroatoms. The van der Waals surface area contributed by atoms with Crippen molar-refractivity contribution in [2.24, 2.45) is 5.92 Å². The summed E-state index contributed by atoms with van der Waals surface area (Å²) in [5, 5.41) is 2.77. The van der Waals surface area contributed by atoms with Crippen molar-refractivity contribution in [3.8, 4) is 0 Å². The molecule has 0 saturated heterocycles. The van der Waals surface area contributed by atoms with Gasteiger partial charge in [0.2, 0.25) is 0 Å². The summed E-state index contributed by atoms with van der Waals surface area (Å²) in [6.45, 7) is 4.67. The molecular weight excluding hydrogens is 298 g/mol. The summed E-state index contributed by atoms with van der Waals surface area (Å²) in [5.41, 5.74) is 2.19. The van der Waals surface area contributed by atoms with E-state index in [1.165, 1.54) is 44.1 Å². The van der Waals surface area contributed by atoms with Crippen molar-refractivity contribution in [1.29, 1.82) is 0 Å². The van der Waals surface area contributed by atoms with Gasteiger partial charge in [0.15, 0.2) is 0 Å². The monoisotopic (exact) mass is 329 g/mol. The topological polar surface area (TPSA) is 38.3 Å². The second kappa shape index (κ2) is 10.2. The van der Waals surface area contributed by atoms with Crippen LogP contribution in [0.1, 0.15) is 70.3 Å². The van der Waals surface area contributed by atoms with Gasteiger partial charge in [0.05, 0.1) is 6.61 Å². The zero-order valence-corrected chi connectivity index (χ0v) is 15.1. The first kappa shape index (κ1) is 18.6. The fourth-order valence-corrected chi connectivity index (χ4v) is 3.29. The van der Waals surface area contributed by atoms with Crippen LogP contribution in [0.4, 0.5) is 10.5 Å². The molecule has 1 aliphatic carbocycles. The minimum atomic E-state index is -0.371. The molecule has 1 aliphatic rings. The molecule has 0 heterocycles. The van der Waals surface area contributed by atoms with Gasteiger partial charge in [0.1, 0.15) is 0 Å². The van der Waals surface area contributed by atoms with Crippen LogP contribution >= 0.6 is 0 Å². The summed E-state index contributed by atoms with van der Waals surface area (Å²) in [5.74, 6) is 1.42. The van der Waals surface area contributed by atoms with E-state index in [-0.39, 0.29) is 6.09 Å². The largest absolute Gasteiger partial charge is 0.449 e. The number of amides is 1. The van der Waals surface area contributed by atoms with Gasteiger partial charge in [-0.2, -0.15) is 0 Å². The van der Waals surface area contributed by atoms with E-state index in [2.05, 4.69) is 36.5 Å². The van der Waals surface area contributed by atoms with Crippen molar-refractivity contribution in [3.63, 3.8) is 0 Å². The maximum absolute atomic E-state index is 11.6. The lowest BCUT2D eigenvalue weighted by Gasteiger charge is -2.27. The van der Waals surface area contributed by atoms with E-state index >= 15 is 0 Å². The molecule has 1 N–H and O–H groups in total. The smallest absolute Gasteiger partial charge is 0.411 e. The molecule has 1 fully saturated rings. The van der Waals surface area contributed by atoms with Crippen LogP contribution in [0.3, 0.4) is 0 Å². The van der Waals surface area contributed by atoms with Gasteiger partial charge in [-0.15, -0.1) is 0 Å². The molecule has 132 valence electrons. The van der Waals surface area contributed by atoms with Crippen LogP contribution in [-0.2, 0) is 4.74 Å². The lowest BCUT2D eigenvalue weighted by molar-refractivity contribution is 0.161. The van der Waals surface area contributed by atoms with Crippen molar-refractivity contribution >= 4 is 11.8 Å². The number of ether oxygens (including phenoxy) is 1. The molecule has 1 amide bonds. The van der Waals surface area contributed by atoms with Crippen LogP contribution in [0.15, 0.2) is 36.4 Å². The maximum Gasteiger partial charge on any atom is 0.411 e. The Bertz CT molecular complexity index is 513. The van der Waals surface area contributed by atoms with Gasteiger partial charge >= 0.3 is 6.09 Å². The van der Waals surface area contributed by atoms with E-state index in [1.54, 1.807) is 0 Å². The Morgan fingerprint density at radius 1 is 1.12 bits per heavy atom. The zero-order valence-electron chi connectivity index (χ0n) is 15.1. The molecule has 3 nitrogen and oxygen atoms in total. The number of carbonyl (C=O) groups is 1. The first-order valence-electron chi connectivity index (χ1n) is 9.43. The summed E-state index contributed by atoms with van der Waals surface area (Å²) >= 11 is 0. The van der Waals surface area contributed by atoms with Crippen molar-refractivity contribution in [2.45, 2.75) is 64.7 Å². The predicted molar refractivity (Wildman–Crippen MR) is 100 cm³/mol. The van der Waals surface area contributed by atoms with E-state index in [4.69, 9.17) is 4.74 Å². The van der Waals surface area contributed by atoms with Gasteiger partial charge in [-0.05, 0) is 68.1 Å². The van der Waals surface area contributed by atoms with E-state index in [9.17, 15) is 4.79 Å². The van der Waals surface area contributed by atoms with E-state index in [0.29, 0.717) is 12.5 Å². The standard InChI is InChI=1S/C21H31NO2/c1-3-5-6-7-17-8-10-18(11-9-17)19-12-14-20(15-13-19)22-21(23)24-16-4-2/h6-7,12-15,17-18H,3-5,8-11,16H2,1-2H3,(H,22,23)/b7-6+/t17-,18-. The van der Waals surface area contributed by atoms with E-state index in [0.717, 1.165) is 18.0 Å². The Morgan fingerprint density at radius 2 is 1.83 bits per heavy atom. The molecule has 1 saturated carbocycles. The van der Waals surface area contributed by atoms with Gasteiger partial charge < -0.3 is 4.74 Å². The van der Waals surface area contributed by atoms with Gasteiger partial charge in [-0.3, -0.25) is 5.32 Å². The average molecular weight is 329 g/mol. The summed E-state index contributed by atoms with van der Waals surface area (Å²) in [6, 6.07) is 8.26. The molecular formula is C21H31NO2. The Labute approximate surface area is 146 Å². The highest BCUT2D eigenvalue weighted by Crippen LogP contribution is 2.36. The third-order valence-electron chi connectivity index (χ3n) is 4.70. The number of unbranched alkanes of at least 4 members (excludes halogenated alkanes) is 1. The first-order valence-corrected chi connectivity index (χ1v) is 9.43. The van der Waals surface area contributed by atoms with E-state index < -0.39 is 0 Å². The highest BCUT2D eigenvalue weighted by atomic mass is 16.5. The number of benzene rings is 1. The molecule has 0 aromatic heterocycles. The predicted octanol–water partition coefficient (Wildman–Crippen LogP) is 6.28. The quantitative estimate of drug-likeness (QED) is 0.598. The fraction of sp³-hybridized carbons (Fsp3) is 0.571. The van der Waals surface area contributed by atoms with Crippen molar-refractivity contribution in [3.05, 3.63) is 42.0 Å². The molecule has 1 aromatic carbocycles. The summed E-state index contributed by atoms with van der Waals surface area (Å²) in [4.78, 5) is 11.6. The fourth-order valence-electron chi connectivity index (χ4n) is 3.29. The lowest BCUT2D eigenvalue weighted by Crippen LogP contribution is -2.14. The van der Waals surface area contributed by atoms with Crippen molar-refractivity contribution in [1.82, 2.24) is 0 Å². The number of hydrogen-bond donors (Lipinski definition) is 1. The zero-order chi connectivity index (χ0) is 17.2. The minimum absolute atomic E-state index is 0.371. The van der Waals surface area contributed by atoms with Gasteiger partial charge in [-0.1, -0.05) is 44.6 Å². The van der Waals surface area contributed by atoms with Crippen LogP contribution < -0.4 is 5.32 Å². The number of anilines is 1. The molecule has 0 aliphatic heterocycles. The molecule has 1 aromatic rings. The van der Waals surface area contributed by atoms with Crippen LogP contribution in [0.25, 0.3) is 0 Å². The van der Waals surface area contributed by atoms with Crippen LogP contribution in [0.2, 0.25) is 0 Å². The molecule has 0 atom stereocenters. The summed E-state index contributed by atoms with van der Waals surface area (Å²) in [6.07, 6.45) is 12.8. The summed E-state index contributed by atoms with van der Waals surface area (Å²) in [7, 11) is 0. The first-order chi connectivity index (χ1) is 11.7. The lowest BCUT2D eigenvalue weighted by atomic mass is 9.78. The molecule has 0 radical (unpaired) electrons. The number of allylic oxidation sites excluding steroid dienone is 2. The molecule has 24 heavy (non-hydrogen) atoms.